The molecule has 3 fully saturated rings. The Bertz CT molecular complexity index is 1920. The summed E-state index contributed by atoms with van der Waals surface area (Å²) in [5, 5.41) is 10.4. The summed E-state index contributed by atoms with van der Waals surface area (Å²) >= 11 is 6.07. The maximum Gasteiger partial charge on any atom is 0.338 e. The summed E-state index contributed by atoms with van der Waals surface area (Å²) in [6, 6.07) is 15.3. The number of hydrogen-bond donors (Lipinski definition) is 0. The van der Waals surface area contributed by atoms with Gasteiger partial charge in [-0.05, 0) is 62.1 Å². The number of halogens is 2. The summed E-state index contributed by atoms with van der Waals surface area (Å²) < 4.78 is 34.9. The van der Waals surface area contributed by atoms with Crippen LogP contribution in [-0.2, 0) is 23.6 Å². The smallest absolute Gasteiger partial charge is 0.338 e. The number of hydrogen-bond acceptors (Lipinski definition) is 9. The maximum absolute atomic E-state index is 15.3. The first-order valence-corrected chi connectivity index (χ1v) is 15.9. The molecular formula is C34H32ClFN6O4. The van der Waals surface area contributed by atoms with Crippen LogP contribution in [0.5, 0.6) is 11.5 Å². The lowest BCUT2D eigenvalue weighted by atomic mass is 9.81. The van der Waals surface area contributed by atoms with Crippen molar-refractivity contribution in [1.29, 1.82) is 5.26 Å². The molecule has 1 saturated heterocycles. The average molecular weight is 643 g/mol. The fourth-order valence-electron chi connectivity index (χ4n) is 7.11. The van der Waals surface area contributed by atoms with E-state index in [-0.39, 0.29) is 23.2 Å². The van der Waals surface area contributed by atoms with E-state index < -0.39 is 23.0 Å². The van der Waals surface area contributed by atoms with E-state index in [0.717, 1.165) is 44.5 Å². The second-order valence-electron chi connectivity index (χ2n) is 12.8. The van der Waals surface area contributed by atoms with Crippen molar-refractivity contribution in [1.82, 2.24) is 19.4 Å². The molecule has 10 nitrogen and oxygen atoms in total. The number of aromatic nitrogens is 3. The number of para-hydroxylation sites is 1. The van der Waals surface area contributed by atoms with Crippen LogP contribution in [0.25, 0.3) is 11.0 Å². The zero-order valence-corrected chi connectivity index (χ0v) is 26.3. The molecule has 3 atom stereocenters. The number of ether oxygens (including phenoxy) is 3. The number of methoxy groups -OCH3 is 1. The first-order valence-electron chi connectivity index (χ1n) is 15.5. The third-order valence-electron chi connectivity index (χ3n) is 9.97. The van der Waals surface area contributed by atoms with E-state index in [1.165, 1.54) is 13.2 Å². The zero-order valence-electron chi connectivity index (χ0n) is 25.5. The molecule has 2 aromatic heterocycles. The van der Waals surface area contributed by atoms with Gasteiger partial charge < -0.3 is 23.7 Å². The molecule has 0 bridgehead atoms. The lowest BCUT2D eigenvalue weighted by Crippen LogP contribution is -2.64. The van der Waals surface area contributed by atoms with E-state index in [9.17, 15) is 10.1 Å². The van der Waals surface area contributed by atoms with Crippen molar-refractivity contribution in [3.63, 3.8) is 0 Å². The topological polar surface area (TPSA) is 106 Å². The molecule has 0 amide bonds. The van der Waals surface area contributed by atoms with Crippen molar-refractivity contribution in [2.75, 3.05) is 25.1 Å². The minimum atomic E-state index is -1.08. The van der Waals surface area contributed by atoms with Gasteiger partial charge in [0.15, 0.2) is 17.3 Å². The molecule has 4 aromatic rings. The Balaban J connectivity index is 1.07. The van der Waals surface area contributed by atoms with Gasteiger partial charge in [-0.15, -0.1) is 0 Å². The van der Waals surface area contributed by atoms with Crippen LogP contribution in [0, 0.1) is 22.6 Å². The molecule has 0 N–H and O–H groups in total. The van der Waals surface area contributed by atoms with Gasteiger partial charge in [-0.3, -0.25) is 9.88 Å². The number of pyridine rings is 1. The van der Waals surface area contributed by atoms with E-state index >= 15 is 4.39 Å². The number of nitriles is 1. The molecule has 4 heterocycles. The van der Waals surface area contributed by atoms with Gasteiger partial charge in [0, 0.05) is 44.8 Å². The Morgan fingerprint density at radius 3 is 2.70 bits per heavy atom. The number of anilines is 1. The van der Waals surface area contributed by atoms with Crippen molar-refractivity contribution in [2.24, 2.45) is 5.41 Å². The number of esters is 1. The predicted octanol–water partition coefficient (Wildman–Crippen LogP) is 5.81. The lowest BCUT2D eigenvalue weighted by Gasteiger charge is -2.54. The Labute approximate surface area is 270 Å². The second-order valence-corrected chi connectivity index (χ2v) is 13.3. The van der Waals surface area contributed by atoms with Crippen molar-refractivity contribution >= 4 is 34.3 Å². The molecule has 0 spiro atoms. The Kier molecular flexibility index (Phi) is 6.67. The van der Waals surface area contributed by atoms with Gasteiger partial charge in [-0.1, -0.05) is 17.7 Å². The number of benzene rings is 2. The molecule has 236 valence electrons. The molecule has 12 heteroatoms. The highest BCUT2D eigenvalue weighted by Gasteiger charge is 2.48. The van der Waals surface area contributed by atoms with Crippen molar-refractivity contribution in [2.45, 2.75) is 63.6 Å². The number of carbonyl (C=O) groups is 1. The second kappa shape index (κ2) is 10.6. The van der Waals surface area contributed by atoms with E-state index in [0.29, 0.717) is 46.6 Å². The summed E-state index contributed by atoms with van der Waals surface area (Å²) in [4.78, 5) is 26.3. The third kappa shape index (κ3) is 4.65. The first kappa shape index (κ1) is 29.0. The highest BCUT2D eigenvalue weighted by molar-refractivity contribution is 6.30. The molecule has 2 aliphatic heterocycles. The summed E-state index contributed by atoms with van der Waals surface area (Å²) in [6.07, 6.45) is 5.19. The van der Waals surface area contributed by atoms with Gasteiger partial charge in [0.05, 0.1) is 46.9 Å². The fourth-order valence-corrected chi connectivity index (χ4v) is 7.22. The normalized spacial score (nSPS) is 24.3. The summed E-state index contributed by atoms with van der Waals surface area (Å²) in [7, 11) is 1.27. The number of nitrogens with zero attached hydrogens (tertiary/aromatic N) is 6. The first-order chi connectivity index (χ1) is 22.2. The van der Waals surface area contributed by atoms with E-state index in [1.54, 1.807) is 18.3 Å². The zero-order chi connectivity index (χ0) is 31.8. The van der Waals surface area contributed by atoms with E-state index in [1.807, 2.05) is 29.7 Å². The Morgan fingerprint density at radius 1 is 1.17 bits per heavy atom. The van der Waals surface area contributed by atoms with E-state index in [2.05, 4.69) is 26.9 Å². The molecule has 2 aromatic carbocycles. The van der Waals surface area contributed by atoms with Crippen LogP contribution in [0.2, 0.25) is 5.02 Å². The van der Waals surface area contributed by atoms with Gasteiger partial charge in [-0.25, -0.2) is 14.2 Å². The largest absolute Gasteiger partial charge is 0.465 e. The quantitative estimate of drug-likeness (QED) is 0.231. The minimum Gasteiger partial charge on any atom is -0.465 e. The number of rotatable bonds is 7. The predicted molar refractivity (Wildman–Crippen MR) is 167 cm³/mol. The van der Waals surface area contributed by atoms with Crippen molar-refractivity contribution in [3.05, 3.63) is 76.6 Å². The summed E-state index contributed by atoms with van der Waals surface area (Å²) in [5.74, 6) is -0.202. The van der Waals surface area contributed by atoms with Crippen LogP contribution in [0.15, 0.2) is 48.7 Å². The molecular weight excluding hydrogens is 611 g/mol. The Morgan fingerprint density at radius 2 is 2.00 bits per heavy atom. The highest BCUT2D eigenvalue weighted by atomic mass is 35.5. The highest BCUT2D eigenvalue weighted by Crippen LogP contribution is 2.51. The molecule has 2 aliphatic carbocycles. The van der Waals surface area contributed by atoms with Crippen LogP contribution in [0.3, 0.4) is 0 Å². The van der Waals surface area contributed by atoms with Crippen LogP contribution in [0.4, 0.5) is 10.1 Å². The monoisotopic (exact) mass is 642 g/mol. The molecule has 0 radical (unpaired) electrons. The number of piperazine rings is 1. The van der Waals surface area contributed by atoms with Gasteiger partial charge >= 0.3 is 5.97 Å². The minimum absolute atomic E-state index is 0.124. The van der Waals surface area contributed by atoms with Gasteiger partial charge in [0.2, 0.25) is 0 Å². The Hall–Kier alpha value is -4.40. The third-order valence-corrected chi connectivity index (χ3v) is 10.2. The molecule has 1 unspecified atom stereocenters. The van der Waals surface area contributed by atoms with Crippen LogP contribution >= 0.6 is 11.6 Å². The standard InChI is InChI=1S/C34H32ClFN6O4/c1-33(28-9-6-21(35)16-38-28)45-27-5-3-4-25(31(27)46-33)41-13-12-40(23-7-8-24(23)41)17-29-39-30-22(36)14-20(32(43)44-2)15-26(30)42(29)19-34(18-37)10-11-34/h3-6,9,14-16,23-24H,7-8,10-13,17,19H2,1-2H3/t23-,24-,33?/m0/s1. The molecule has 4 aliphatic rings. The van der Waals surface area contributed by atoms with Gasteiger partial charge in [0.1, 0.15) is 17.0 Å². The van der Waals surface area contributed by atoms with Crippen LogP contribution in [0.1, 0.15) is 54.5 Å². The van der Waals surface area contributed by atoms with Gasteiger partial charge in [-0.2, -0.15) is 5.26 Å². The van der Waals surface area contributed by atoms with Crippen molar-refractivity contribution in [3.8, 4) is 17.6 Å². The fraction of sp³-hybridized carbons (Fsp3) is 0.412. The van der Waals surface area contributed by atoms with E-state index in [4.69, 9.17) is 30.8 Å². The average Bonchev–Trinajstić information content (AvgIpc) is 3.60. The number of carbonyl (C=O) groups excluding carboxylic acids is 1. The SMILES string of the molecule is COC(=O)c1cc(F)c2nc(CN3CCN(c4cccc5c4OC(C)(c4ccc(Cl)cn4)O5)[C@H]4CC[C@@H]43)n(CC3(C#N)CC3)c2c1. The number of fused-ring (bicyclic) bond motifs is 3. The van der Waals surface area contributed by atoms with Crippen LogP contribution in [-0.4, -0.2) is 57.7 Å². The van der Waals surface area contributed by atoms with Crippen LogP contribution < -0.4 is 14.4 Å². The summed E-state index contributed by atoms with van der Waals surface area (Å²) in [5.41, 5.74) is 1.96. The molecule has 2 saturated carbocycles. The molecule has 8 rings (SSSR count). The summed E-state index contributed by atoms with van der Waals surface area (Å²) in [6.45, 7) is 4.27. The lowest BCUT2D eigenvalue weighted by molar-refractivity contribution is -0.0717. The maximum atomic E-state index is 15.3. The molecule has 46 heavy (non-hydrogen) atoms. The van der Waals surface area contributed by atoms with Gasteiger partial charge in [0.25, 0.3) is 5.79 Å². The number of imidazole rings is 1. The van der Waals surface area contributed by atoms with Crippen molar-refractivity contribution < 1.29 is 23.4 Å².